The van der Waals surface area contributed by atoms with Crippen LogP contribution in [0.2, 0.25) is 0 Å². The number of para-hydroxylation sites is 1. The predicted octanol–water partition coefficient (Wildman–Crippen LogP) is 3.10. The van der Waals surface area contributed by atoms with E-state index in [1.807, 2.05) is 47.0 Å². The topological polar surface area (TPSA) is 55.1 Å². The number of aliphatic hydroxyl groups excluding tert-OH is 1. The lowest BCUT2D eigenvalue weighted by Gasteiger charge is -2.25. The second-order valence-corrected chi connectivity index (χ2v) is 5.46. The van der Waals surface area contributed by atoms with Gasteiger partial charge in [0.25, 0.3) is 5.56 Å². The third kappa shape index (κ3) is 1.70. The van der Waals surface area contributed by atoms with Crippen LogP contribution in [0.5, 0.6) is 0 Å². The average Bonchev–Trinajstić information content (AvgIpc) is 2.53. The van der Waals surface area contributed by atoms with E-state index < -0.39 is 0 Å². The number of aromatic nitrogens is 2. The molecule has 3 aromatic rings. The lowest BCUT2D eigenvalue weighted by Crippen LogP contribution is -2.23. The Kier molecular flexibility index (Phi) is 2.66. The van der Waals surface area contributed by atoms with Crippen LogP contribution in [0.1, 0.15) is 23.9 Å². The molecule has 0 saturated carbocycles. The summed E-state index contributed by atoms with van der Waals surface area (Å²) < 4.78 is 1.99. The molecule has 4 heteroatoms. The van der Waals surface area contributed by atoms with Crippen molar-refractivity contribution in [2.24, 2.45) is 0 Å². The van der Waals surface area contributed by atoms with E-state index >= 15 is 0 Å². The Labute approximate surface area is 127 Å². The molecule has 1 N–H and O–H groups in total. The van der Waals surface area contributed by atoms with Crippen molar-refractivity contribution in [2.75, 3.05) is 0 Å². The predicted molar refractivity (Wildman–Crippen MR) is 85.9 cm³/mol. The van der Waals surface area contributed by atoms with Gasteiger partial charge in [-0.2, -0.15) is 4.98 Å². The Morgan fingerprint density at radius 3 is 2.68 bits per heavy atom. The molecule has 0 bridgehead atoms. The molecule has 2 heterocycles. The molecule has 0 saturated heterocycles. The number of benzene rings is 2. The standard InChI is InChI=1S/C18H14N2O2/c1-11(21)16-13-7-3-2-6-12(13)10-20-15-9-5-4-8-14(15)18(22)19-17(16)20/h2-9,21H,10H2,1H3/b16-11-. The van der Waals surface area contributed by atoms with Crippen LogP contribution in [-0.2, 0) is 6.54 Å². The highest BCUT2D eigenvalue weighted by Gasteiger charge is 2.24. The van der Waals surface area contributed by atoms with Gasteiger partial charge in [0, 0.05) is 0 Å². The van der Waals surface area contributed by atoms with E-state index in [0.717, 1.165) is 16.6 Å². The van der Waals surface area contributed by atoms with Gasteiger partial charge in [0.2, 0.25) is 0 Å². The summed E-state index contributed by atoms with van der Waals surface area (Å²) in [7, 11) is 0. The molecule has 0 amide bonds. The highest BCUT2D eigenvalue weighted by molar-refractivity contribution is 5.86. The van der Waals surface area contributed by atoms with E-state index in [0.29, 0.717) is 23.3 Å². The van der Waals surface area contributed by atoms with E-state index in [1.165, 1.54) is 0 Å². The number of fused-ring (bicyclic) bond motifs is 4. The molecule has 4 rings (SSSR count). The fourth-order valence-corrected chi connectivity index (χ4v) is 3.12. The lowest BCUT2D eigenvalue weighted by atomic mass is 9.94. The highest BCUT2D eigenvalue weighted by Crippen LogP contribution is 2.33. The molecule has 0 atom stereocenters. The molecular weight excluding hydrogens is 276 g/mol. The SMILES string of the molecule is C/C(O)=C1\c2ccccc2Cn2c1nc(=O)c1ccccc12. The van der Waals surface area contributed by atoms with Crippen molar-refractivity contribution in [2.45, 2.75) is 13.5 Å². The molecule has 22 heavy (non-hydrogen) atoms. The van der Waals surface area contributed by atoms with Crippen molar-refractivity contribution in [3.05, 3.63) is 81.6 Å². The Morgan fingerprint density at radius 2 is 1.86 bits per heavy atom. The second kappa shape index (κ2) is 4.56. The summed E-state index contributed by atoms with van der Waals surface area (Å²) >= 11 is 0. The van der Waals surface area contributed by atoms with Crippen molar-refractivity contribution in [1.82, 2.24) is 9.55 Å². The first kappa shape index (κ1) is 12.8. The number of nitrogens with zero attached hydrogens (tertiary/aromatic N) is 2. The minimum Gasteiger partial charge on any atom is -0.512 e. The first-order chi connectivity index (χ1) is 10.7. The summed E-state index contributed by atoms with van der Waals surface area (Å²) in [5, 5.41) is 10.8. The van der Waals surface area contributed by atoms with Crippen LogP contribution in [0.15, 0.2) is 59.1 Å². The van der Waals surface area contributed by atoms with E-state index in [9.17, 15) is 9.90 Å². The Bertz CT molecular complexity index is 995. The maximum atomic E-state index is 12.3. The first-order valence-corrected chi connectivity index (χ1v) is 7.15. The third-order valence-corrected chi connectivity index (χ3v) is 4.09. The van der Waals surface area contributed by atoms with Crippen molar-refractivity contribution >= 4 is 16.5 Å². The lowest BCUT2D eigenvalue weighted by molar-refractivity contribution is 0.416. The molecule has 1 aromatic heterocycles. The van der Waals surface area contributed by atoms with E-state index in [2.05, 4.69) is 4.98 Å². The summed E-state index contributed by atoms with van der Waals surface area (Å²) in [6.45, 7) is 2.26. The van der Waals surface area contributed by atoms with E-state index in [4.69, 9.17) is 0 Å². The minimum absolute atomic E-state index is 0.170. The minimum atomic E-state index is -0.264. The third-order valence-electron chi connectivity index (χ3n) is 4.09. The summed E-state index contributed by atoms with van der Waals surface area (Å²) in [5.41, 5.74) is 3.24. The van der Waals surface area contributed by atoms with Gasteiger partial charge in [-0.3, -0.25) is 4.79 Å². The molecule has 2 aromatic carbocycles. The normalized spacial score (nSPS) is 15.3. The smallest absolute Gasteiger partial charge is 0.281 e. The average molecular weight is 290 g/mol. The maximum absolute atomic E-state index is 12.3. The van der Waals surface area contributed by atoms with Gasteiger partial charge in [-0.1, -0.05) is 36.4 Å². The van der Waals surface area contributed by atoms with Gasteiger partial charge in [0.1, 0.15) is 11.6 Å². The van der Waals surface area contributed by atoms with Gasteiger partial charge in [-0.05, 0) is 30.2 Å². The van der Waals surface area contributed by atoms with Gasteiger partial charge < -0.3 is 9.67 Å². The summed E-state index contributed by atoms with van der Waals surface area (Å²) in [4.78, 5) is 16.5. The fourth-order valence-electron chi connectivity index (χ4n) is 3.12. The zero-order chi connectivity index (χ0) is 15.3. The Hall–Kier alpha value is -2.88. The van der Waals surface area contributed by atoms with Crippen LogP contribution < -0.4 is 5.56 Å². The quantitative estimate of drug-likeness (QED) is 0.506. The molecule has 1 aliphatic heterocycles. The molecule has 0 radical (unpaired) electrons. The van der Waals surface area contributed by atoms with Crippen LogP contribution in [-0.4, -0.2) is 14.7 Å². The van der Waals surface area contributed by atoms with Gasteiger partial charge in [0.05, 0.1) is 23.0 Å². The molecule has 0 unspecified atom stereocenters. The molecule has 4 nitrogen and oxygen atoms in total. The number of aliphatic hydroxyl groups is 1. The monoisotopic (exact) mass is 290 g/mol. The first-order valence-electron chi connectivity index (χ1n) is 7.15. The molecule has 0 aliphatic carbocycles. The van der Waals surface area contributed by atoms with Gasteiger partial charge in [-0.15, -0.1) is 0 Å². The summed E-state index contributed by atoms with van der Waals surface area (Å²) in [5.74, 6) is 0.700. The highest BCUT2D eigenvalue weighted by atomic mass is 16.3. The fraction of sp³-hybridized carbons (Fsp3) is 0.111. The maximum Gasteiger partial charge on any atom is 0.281 e. The number of rotatable bonds is 0. The van der Waals surface area contributed by atoms with E-state index in [-0.39, 0.29) is 11.3 Å². The zero-order valence-electron chi connectivity index (χ0n) is 12.1. The number of hydrogen-bond acceptors (Lipinski definition) is 3. The van der Waals surface area contributed by atoms with Gasteiger partial charge in [-0.25, -0.2) is 0 Å². The molecule has 0 spiro atoms. The molecular formula is C18H14N2O2. The van der Waals surface area contributed by atoms with E-state index in [1.54, 1.807) is 13.0 Å². The van der Waals surface area contributed by atoms with Crippen molar-refractivity contribution < 1.29 is 5.11 Å². The number of allylic oxidation sites excluding steroid dienone is 1. The molecule has 108 valence electrons. The largest absolute Gasteiger partial charge is 0.512 e. The number of hydrogen-bond donors (Lipinski definition) is 1. The Morgan fingerprint density at radius 1 is 1.14 bits per heavy atom. The second-order valence-electron chi connectivity index (χ2n) is 5.46. The van der Waals surface area contributed by atoms with Crippen LogP contribution in [0, 0.1) is 0 Å². The summed E-state index contributed by atoms with van der Waals surface area (Å²) in [6, 6.07) is 15.3. The van der Waals surface area contributed by atoms with Crippen LogP contribution >= 0.6 is 0 Å². The van der Waals surface area contributed by atoms with Crippen molar-refractivity contribution in [3.63, 3.8) is 0 Å². The zero-order valence-corrected chi connectivity index (χ0v) is 12.1. The van der Waals surface area contributed by atoms with Gasteiger partial charge in [0.15, 0.2) is 0 Å². The van der Waals surface area contributed by atoms with Crippen LogP contribution in [0.25, 0.3) is 16.5 Å². The van der Waals surface area contributed by atoms with Crippen LogP contribution in [0.4, 0.5) is 0 Å². The van der Waals surface area contributed by atoms with Gasteiger partial charge >= 0.3 is 0 Å². The van der Waals surface area contributed by atoms with Crippen molar-refractivity contribution in [3.8, 4) is 0 Å². The molecule has 0 fully saturated rings. The summed E-state index contributed by atoms with van der Waals surface area (Å²) in [6.07, 6.45) is 0. The molecule has 1 aliphatic rings. The van der Waals surface area contributed by atoms with Crippen molar-refractivity contribution in [1.29, 1.82) is 0 Å². The Balaban J connectivity index is 2.17. The van der Waals surface area contributed by atoms with Crippen LogP contribution in [0.3, 0.4) is 0 Å².